The summed E-state index contributed by atoms with van der Waals surface area (Å²) in [5, 5.41) is 10.2. The van der Waals surface area contributed by atoms with Crippen LogP contribution in [0.3, 0.4) is 0 Å². The summed E-state index contributed by atoms with van der Waals surface area (Å²) in [7, 11) is -3.84. The molecule has 0 unspecified atom stereocenters. The minimum atomic E-state index is -3.84. The zero-order valence-corrected chi connectivity index (χ0v) is 17.2. The molecule has 142 valence electrons. The van der Waals surface area contributed by atoms with E-state index in [-0.39, 0.29) is 27.3 Å². The molecule has 0 spiro atoms. The number of carbonyl (C=O) groups excluding carboxylic acids is 1. The molecule has 0 aliphatic carbocycles. The molecule has 0 saturated heterocycles. The Balaban J connectivity index is 2.21. The van der Waals surface area contributed by atoms with Crippen LogP contribution in [0.2, 0.25) is 0 Å². The van der Waals surface area contributed by atoms with Gasteiger partial charge in [-0.15, -0.1) is 10.2 Å². The van der Waals surface area contributed by atoms with E-state index in [0.29, 0.717) is 6.42 Å². The summed E-state index contributed by atoms with van der Waals surface area (Å²) < 4.78 is 27.9. The topological polar surface area (TPSA) is 101 Å². The second-order valence-electron chi connectivity index (χ2n) is 6.46. The van der Waals surface area contributed by atoms with Gasteiger partial charge in [0.05, 0.1) is 0 Å². The highest BCUT2D eigenvalue weighted by atomic mass is 32.2. The first-order valence-corrected chi connectivity index (χ1v) is 10.7. The van der Waals surface area contributed by atoms with Crippen molar-refractivity contribution in [1.82, 2.24) is 14.9 Å². The average Bonchev–Trinajstić information content (AvgIpc) is 3.02. The van der Waals surface area contributed by atoms with Gasteiger partial charge < -0.3 is 5.32 Å². The second kappa shape index (κ2) is 8.24. The molecule has 0 aliphatic heterocycles. The molecule has 2 rings (SSSR count). The van der Waals surface area contributed by atoms with Gasteiger partial charge in [0.1, 0.15) is 0 Å². The number of nitrogens with one attached hydrogen (secondary N) is 2. The van der Waals surface area contributed by atoms with Crippen LogP contribution in [0.25, 0.3) is 0 Å². The molecule has 9 heteroatoms. The number of nitrogens with zero attached hydrogens (tertiary/aromatic N) is 2. The third-order valence-electron chi connectivity index (χ3n) is 3.90. The molecule has 1 atom stereocenters. The van der Waals surface area contributed by atoms with Gasteiger partial charge in [0.2, 0.25) is 15.4 Å². The van der Waals surface area contributed by atoms with Gasteiger partial charge in [0, 0.05) is 12.0 Å². The number of aromatic nitrogens is 2. The number of anilines is 1. The number of amides is 1. The molecular weight excluding hydrogens is 372 g/mol. The highest BCUT2D eigenvalue weighted by molar-refractivity contribution is 7.91. The van der Waals surface area contributed by atoms with Gasteiger partial charge in [-0.3, -0.25) is 4.79 Å². The zero-order chi connectivity index (χ0) is 19.5. The van der Waals surface area contributed by atoms with Crippen molar-refractivity contribution in [2.24, 2.45) is 5.92 Å². The second-order valence-corrected chi connectivity index (χ2v) is 9.32. The first-order valence-electron chi connectivity index (χ1n) is 8.38. The van der Waals surface area contributed by atoms with Gasteiger partial charge in [-0.05, 0) is 31.4 Å². The smallest absolute Gasteiger partial charge is 0.270 e. The Bertz CT molecular complexity index is 891. The highest BCUT2D eigenvalue weighted by Gasteiger charge is 2.25. The van der Waals surface area contributed by atoms with Crippen LogP contribution < -0.4 is 10.0 Å². The minimum absolute atomic E-state index is 0.167. The number of carbonyl (C=O) groups is 1. The Hall–Kier alpha value is -1.84. The van der Waals surface area contributed by atoms with Crippen molar-refractivity contribution in [3.05, 3.63) is 34.9 Å². The van der Waals surface area contributed by atoms with Crippen LogP contribution in [-0.4, -0.2) is 24.5 Å². The number of hydrogen-bond acceptors (Lipinski definition) is 6. The lowest BCUT2D eigenvalue weighted by Crippen LogP contribution is -2.28. The number of benzene rings is 1. The Morgan fingerprint density at radius 2 is 1.92 bits per heavy atom. The highest BCUT2D eigenvalue weighted by Crippen LogP contribution is 2.26. The van der Waals surface area contributed by atoms with E-state index < -0.39 is 10.0 Å². The van der Waals surface area contributed by atoms with Gasteiger partial charge in [-0.1, -0.05) is 55.9 Å². The molecule has 1 aromatic heterocycles. The maximum Gasteiger partial charge on any atom is 0.270 e. The lowest BCUT2D eigenvalue weighted by Gasteiger charge is -2.19. The fraction of sp³-hybridized carbons (Fsp3) is 0.471. The van der Waals surface area contributed by atoms with Crippen LogP contribution in [0.4, 0.5) is 5.13 Å². The van der Waals surface area contributed by atoms with E-state index >= 15 is 0 Å². The first-order chi connectivity index (χ1) is 12.1. The van der Waals surface area contributed by atoms with E-state index in [2.05, 4.69) is 20.2 Å². The van der Waals surface area contributed by atoms with Gasteiger partial charge >= 0.3 is 0 Å². The SMILES string of the molecule is CC[C@@H](NS(=O)(=O)c1nnc(NC(=O)C(C)C)s1)c1ccc(C)cc1C. The monoisotopic (exact) mass is 396 g/mol. The minimum Gasteiger partial charge on any atom is -0.300 e. The standard InChI is InChI=1S/C17H24N4O3S2/c1-6-14(13-8-7-11(4)9-12(13)5)21-26(23,24)17-20-19-16(25-17)18-15(22)10(2)3/h7-10,14,21H,6H2,1-5H3,(H,18,19,22)/t14-/m1/s1. The Morgan fingerprint density at radius 3 is 2.50 bits per heavy atom. The molecule has 2 N–H and O–H groups in total. The van der Waals surface area contributed by atoms with Gasteiger partial charge in [0.15, 0.2) is 0 Å². The van der Waals surface area contributed by atoms with Crippen LogP contribution >= 0.6 is 11.3 Å². The third kappa shape index (κ3) is 4.87. The van der Waals surface area contributed by atoms with Crippen molar-refractivity contribution in [2.75, 3.05) is 5.32 Å². The van der Waals surface area contributed by atoms with Crippen LogP contribution in [0.15, 0.2) is 22.5 Å². The molecule has 26 heavy (non-hydrogen) atoms. The number of hydrogen-bond donors (Lipinski definition) is 2. The number of sulfonamides is 1. The van der Waals surface area contributed by atoms with Crippen molar-refractivity contribution in [3.63, 3.8) is 0 Å². The lowest BCUT2D eigenvalue weighted by atomic mass is 9.98. The van der Waals surface area contributed by atoms with Crippen molar-refractivity contribution >= 4 is 32.4 Å². The van der Waals surface area contributed by atoms with E-state index in [1.165, 1.54) is 0 Å². The molecule has 0 radical (unpaired) electrons. The van der Waals surface area contributed by atoms with E-state index in [0.717, 1.165) is 28.0 Å². The Morgan fingerprint density at radius 1 is 1.23 bits per heavy atom. The maximum absolute atomic E-state index is 12.7. The van der Waals surface area contributed by atoms with Gasteiger partial charge in [0.25, 0.3) is 10.0 Å². The van der Waals surface area contributed by atoms with E-state index in [1.807, 2.05) is 39.0 Å². The fourth-order valence-corrected chi connectivity index (χ4v) is 4.66. The van der Waals surface area contributed by atoms with Crippen molar-refractivity contribution in [3.8, 4) is 0 Å². The lowest BCUT2D eigenvalue weighted by molar-refractivity contribution is -0.118. The molecule has 0 saturated carbocycles. The van der Waals surface area contributed by atoms with Crippen molar-refractivity contribution in [2.45, 2.75) is 51.4 Å². The van der Waals surface area contributed by atoms with E-state index in [4.69, 9.17) is 0 Å². The summed E-state index contributed by atoms with van der Waals surface area (Å²) in [5.74, 6) is -0.467. The van der Waals surface area contributed by atoms with Crippen LogP contribution in [-0.2, 0) is 14.8 Å². The van der Waals surface area contributed by atoms with Crippen molar-refractivity contribution < 1.29 is 13.2 Å². The molecule has 7 nitrogen and oxygen atoms in total. The maximum atomic E-state index is 12.7. The fourth-order valence-electron chi connectivity index (χ4n) is 2.44. The summed E-state index contributed by atoms with van der Waals surface area (Å²) in [5.41, 5.74) is 3.08. The van der Waals surface area contributed by atoms with E-state index in [9.17, 15) is 13.2 Å². The molecular formula is C17H24N4O3S2. The summed E-state index contributed by atoms with van der Waals surface area (Å²) >= 11 is 0.835. The normalized spacial score (nSPS) is 13.0. The predicted molar refractivity (Wildman–Crippen MR) is 103 cm³/mol. The van der Waals surface area contributed by atoms with Crippen molar-refractivity contribution in [1.29, 1.82) is 0 Å². The largest absolute Gasteiger partial charge is 0.300 e. The quantitative estimate of drug-likeness (QED) is 0.700. The van der Waals surface area contributed by atoms with Crippen LogP contribution in [0.1, 0.15) is 49.9 Å². The third-order valence-corrected chi connectivity index (χ3v) is 6.58. The molecule has 1 aromatic carbocycles. The summed E-state index contributed by atoms with van der Waals surface area (Å²) in [6.45, 7) is 9.36. The average molecular weight is 397 g/mol. The Labute approximate surface area is 158 Å². The molecule has 0 fully saturated rings. The first kappa shape index (κ1) is 20.5. The molecule has 1 heterocycles. The summed E-state index contributed by atoms with van der Waals surface area (Å²) in [4.78, 5) is 11.7. The molecule has 1 amide bonds. The summed E-state index contributed by atoms with van der Waals surface area (Å²) in [6, 6.07) is 5.56. The predicted octanol–water partition coefficient (Wildman–Crippen LogP) is 3.18. The van der Waals surface area contributed by atoms with Gasteiger partial charge in [-0.25, -0.2) is 13.1 Å². The number of rotatable bonds is 7. The van der Waals surface area contributed by atoms with Crippen LogP contribution in [0.5, 0.6) is 0 Å². The van der Waals surface area contributed by atoms with Crippen LogP contribution in [0, 0.1) is 19.8 Å². The molecule has 2 aromatic rings. The Kier molecular flexibility index (Phi) is 6.48. The molecule has 0 aliphatic rings. The summed E-state index contributed by atoms with van der Waals surface area (Å²) in [6.07, 6.45) is 0.596. The number of aryl methyl sites for hydroxylation is 2. The molecule has 0 bridgehead atoms. The zero-order valence-electron chi connectivity index (χ0n) is 15.5. The van der Waals surface area contributed by atoms with E-state index in [1.54, 1.807) is 13.8 Å². The van der Waals surface area contributed by atoms with Gasteiger partial charge in [-0.2, -0.15) is 0 Å².